The second-order valence-electron chi connectivity index (χ2n) is 7.05. The van der Waals surface area contributed by atoms with E-state index >= 15 is 0 Å². The molecule has 2 bridgehead atoms. The zero-order valence-corrected chi connectivity index (χ0v) is 15.0. The molecular formula is C19H23BrN2O. The van der Waals surface area contributed by atoms with Crippen molar-refractivity contribution in [3.05, 3.63) is 42.1 Å². The summed E-state index contributed by atoms with van der Waals surface area (Å²) in [5, 5.41) is 12.2. The van der Waals surface area contributed by atoms with Crippen LogP contribution in [0.1, 0.15) is 31.4 Å². The molecule has 4 heteroatoms. The number of aliphatic hydroxyl groups excluding tert-OH is 1. The second-order valence-corrected chi connectivity index (χ2v) is 8.49. The van der Waals surface area contributed by atoms with E-state index in [4.69, 9.17) is 0 Å². The number of halogens is 1. The van der Waals surface area contributed by atoms with Gasteiger partial charge in [-0.15, -0.1) is 0 Å². The van der Waals surface area contributed by atoms with Gasteiger partial charge in [-0.3, -0.25) is 9.88 Å². The third kappa shape index (κ3) is 2.71. The maximum Gasteiger partial charge on any atom is 0.0952 e. The van der Waals surface area contributed by atoms with Gasteiger partial charge in [-0.05, 0) is 48.9 Å². The third-order valence-corrected chi connectivity index (χ3v) is 6.49. The van der Waals surface area contributed by atoms with Crippen LogP contribution in [0.25, 0.3) is 10.9 Å². The fraction of sp³-hybridized carbons (Fsp3) is 0.526. The zero-order valence-electron chi connectivity index (χ0n) is 13.4. The summed E-state index contributed by atoms with van der Waals surface area (Å²) in [7, 11) is 0. The summed E-state index contributed by atoms with van der Waals surface area (Å²) in [6.07, 6.45) is 3.75. The highest BCUT2D eigenvalue weighted by Crippen LogP contribution is 2.43. The number of alkyl halides is 1. The predicted molar refractivity (Wildman–Crippen MR) is 96.7 cm³/mol. The predicted octanol–water partition coefficient (Wildman–Crippen LogP) is 3.76. The van der Waals surface area contributed by atoms with Crippen LogP contribution in [0.5, 0.6) is 0 Å². The Hall–Kier alpha value is -0.970. The first-order valence-electron chi connectivity index (χ1n) is 8.55. The van der Waals surface area contributed by atoms with Gasteiger partial charge < -0.3 is 5.11 Å². The quantitative estimate of drug-likeness (QED) is 0.830. The monoisotopic (exact) mass is 374 g/mol. The van der Waals surface area contributed by atoms with Crippen molar-refractivity contribution in [2.75, 3.05) is 13.1 Å². The van der Waals surface area contributed by atoms with Gasteiger partial charge in [0.05, 0.1) is 11.6 Å². The molecule has 5 rings (SSSR count). The van der Waals surface area contributed by atoms with Crippen LogP contribution in [-0.2, 0) is 0 Å². The van der Waals surface area contributed by atoms with Crippen molar-refractivity contribution < 1.29 is 5.11 Å². The van der Waals surface area contributed by atoms with Crippen molar-refractivity contribution >= 4 is 26.8 Å². The highest BCUT2D eigenvalue weighted by atomic mass is 79.9. The van der Waals surface area contributed by atoms with Crippen molar-refractivity contribution in [2.24, 2.45) is 11.8 Å². The Morgan fingerprint density at radius 2 is 2.13 bits per heavy atom. The van der Waals surface area contributed by atoms with Crippen LogP contribution in [0.4, 0.5) is 0 Å². The molecule has 23 heavy (non-hydrogen) atoms. The Balaban J connectivity index is 1.64. The molecule has 3 aliphatic rings. The number of hydrogen-bond donors (Lipinski definition) is 1. The second kappa shape index (κ2) is 6.15. The van der Waals surface area contributed by atoms with Gasteiger partial charge in [0.15, 0.2) is 0 Å². The minimum atomic E-state index is -0.433. The summed E-state index contributed by atoms with van der Waals surface area (Å²) in [5.41, 5.74) is 1.99. The Morgan fingerprint density at radius 3 is 2.87 bits per heavy atom. The van der Waals surface area contributed by atoms with Gasteiger partial charge in [0, 0.05) is 29.0 Å². The standard InChI is InChI=1S/C19H23BrN2O/c1-12(20)16-11-22-9-7-13(16)10-18(22)19(23)15-6-8-21-17-5-3-2-4-14(15)17/h2-6,8,12-13,16,18-19,23H,7,9-11H2,1H3. The topological polar surface area (TPSA) is 36.4 Å². The van der Waals surface area contributed by atoms with Gasteiger partial charge >= 0.3 is 0 Å². The molecule has 0 aliphatic carbocycles. The molecule has 3 nitrogen and oxygen atoms in total. The highest BCUT2D eigenvalue weighted by molar-refractivity contribution is 9.09. The molecule has 1 N–H and O–H groups in total. The SMILES string of the molecule is CC(Br)C1CN2CCC1CC2C(O)c1ccnc2ccccc12. The Kier molecular flexibility index (Phi) is 4.16. The van der Waals surface area contributed by atoms with Crippen molar-refractivity contribution in [1.29, 1.82) is 0 Å². The van der Waals surface area contributed by atoms with Gasteiger partial charge in [0.25, 0.3) is 0 Å². The molecule has 6 atom stereocenters. The molecule has 3 aliphatic heterocycles. The minimum Gasteiger partial charge on any atom is -0.387 e. The number of benzene rings is 1. The average Bonchev–Trinajstić information content (AvgIpc) is 2.60. The summed E-state index contributed by atoms with van der Waals surface area (Å²) in [4.78, 5) is 7.48. The summed E-state index contributed by atoms with van der Waals surface area (Å²) in [5.74, 6) is 1.43. The number of nitrogens with zero attached hydrogens (tertiary/aromatic N) is 2. The molecule has 2 aromatic rings. The van der Waals surface area contributed by atoms with Gasteiger partial charge in [0.2, 0.25) is 0 Å². The number of piperidine rings is 3. The van der Waals surface area contributed by atoms with Crippen LogP contribution in [0.2, 0.25) is 0 Å². The lowest BCUT2D eigenvalue weighted by Crippen LogP contribution is -2.56. The van der Waals surface area contributed by atoms with E-state index in [1.165, 1.54) is 6.42 Å². The fourth-order valence-electron chi connectivity index (χ4n) is 4.54. The summed E-state index contributed by atoms with van der Waals surface area (Å²) in [6, 6.07) is 10.3. The number of fused-ring (bicyclic) bond motifs is 4. The minimum absolute atomic E-state index is 0.238. The number of aromatic nitrogens is 1. The maximum absolute atomic E-state index is 11.1. The molecule has 0 saturated carbocycles. The van der Waals surface area contributed by atoms with E-state index in [1.54, 1.807) is 0 Å². The average molecular weight is 375 g/mol. The van der Waals surface area contributed by atoms with Crippen LogP contribution in [0, 0.1) is 11.8 Å². The molecule has 6 unspecified atom stereocenters. The molecule has 0 amide bonds. The van der Waals surface area contributed by atoms with Crippen molar-refractivity contribution in [3.8, 4) is 0 Å². The summed E-state index contributed by atoms with van der Waals surface area (Å²) in [6.45, 7) is 4.47. The van der Waals surface area contributed by atoms with Crippen LogP contribution in [0.3, 0.4) is 0 Å². The number of hydrogen-bond acceptors (Lipinski definition) is 3. The van der Waals surface area contributed by atoms with E-state index in [9.17, 15) is 5.11 Å². The summed E-state index contributed by atoms with van der Waals surface area (Å²) < 4.78 is 0. The molecule has 0 spiro atoms. The Bertz CT molecular complexity index is 699. The van der Waals surface area contributed by atoms with Gasteiger partial charge in [-0.1, -0.05) is 41.1 Å². The highest BCUT2D eigenvalue weighted by Gasteiger charge is 2.44. The van der Waals surface area contributed by atoms with E-state index in [0.717, 1.165) is 41.9 Å². The van der Waals surface area contributed by atoms with Crippen molar-refractivity contribution in [3.63, 3.8) is 0 Å². The lowest BCUT2D eigenvalue weighted by molar-refractivity contribution is -0.0544. The van der Waals surface area contributed by atoms with E-state index < -0.39 is 6.10 Å². The van der Waals surface area contributed by atoms with E-state index in [-0.39, 0.29) is 6.04 Å². The van der Waals surface area contributed by atoms with Crippen molar-refractivity contribution in [1.82, 2.24) is 9.88 Å². The zero-order chi connectivity index (χ0) is 16.0. The lowest BCUT2D eigenvalue weighted by atomic mass is 9.72. The van der Waals surface area contributed by atoms with Crippen LogP contribution in [0.15, 0.2) is 36.5 Å². The smallest absolute Gasteiger partial charge is 0.0952 e. The molecule has 1 aromatic carbocycles. The molecule has 3 saturated heterocycles. The largest absolute Gasteiger partial charge is 0.387 e. The van der Waals surface area contributed by atoms with Gasteiger partial charge in [0.1, 0.15) is 0 Å². The first-order valence-corrected chi connectivity index (χ1v) is 9.46. The maximum atomic E-state index is 11.1. The van der Waals surface area contributed by atoms with E-state index in [1.807, 2.05) is 30.5 Å². The summed E-state index contributed by atoms with van der Waals surface area (Å²) >= 11 is 3.77. The van der Waals surface area contributed by atoms with Crippen LogP contribution in [-0.4, -0.2) is 38.9 Å². The van der Waals surface area contributed by atoms with E-state index in [0.29, 0.717) is 10.7 Å². The molecule has 1 aromatic heterocycles. The van der Waals surface area contributed by atoms with Crippen molar-refractivity contribution in [2.45, 2.75) is 36.7 Å². The van der Waals surface area contributed by atoms with Gasteiger partial charge in [-0.2, -0.15) is 0 Å². The number of rotatable bonds is 3. The first-order chi connectivity index (χ1) is 11.1. The molecule has 122 valence electrons. The van der Waals surface area contributed by atoms with Crippen LogP contribution >= 0.6 is 15.9 Å². The Morgan fingerprint density at radius 1 is 1.30 bits per heavy atom. The number of para-hydroxylation sites is 1. The fourth-order valence-corrected chi connectivity index (χ4v) is 5.14. The molecular weight excluding hydrogens is 352 g/mol. The molecule has 3 fully saturated rings. The Labute approximate surface area is 145 Å². The first kappa shape index (κ1) is 15.6. The number of aliphatic hydroxyl groups is 1. The normalized spacial score (nSPS) is 32.8. The van der Waals surface area contributed by atoms with Crippen LogP contribution < -0.4 is 0 Å². The number of pyridine rings is 1. The molecule has 0 radical (unpaired) electrons. The lowest BCUT2D eigenvalue weighted by Gasteiger charge is -2.52. The molecule has 4 heterocycles. The van der Waals surface area contributed by atoms with E-state index in [2.05, 4.69) is 38.8 Å². The van der Waals surface area contributed by atoms with Gasteiger partial charge in [-0.25, -0.2) is 0 Å². The third-order valence-electron chi connectivity index (χ3n) is 5.81.